The second kappa shape index (κ2) is 9.00. The average Bonchev–Trinajstić information content (AvgIpc) is 3.19. The topological polar surface area (TPSA) is 81.8 Å². The van der Waals surface area contributed by atoms with Crippen molar-refractivity contribution in [3.63, 3.8) is 0 Å². The Morgan fingerprint density at radius 1 is 1.03 bits per heavy atom. The third-order valence-electron chi connectivity index (χ3n) is 4.67. The zero-order valence-corrected chi connectivity index (χ0v) is 16.3. The van der Waals surface area contributed by atoms with E-state index < -0.39 is 0 Å². The summed E-state index contributed by atoms with van der Waals surface area (Å²) in [7, 11) is 0. The quantitative estimate of drug-likeness (QED) is 0.484. The van der Waals surface area contributed by atoms with Gasteiger partial charge in [0, 0.05) is 12.6 Å². The molecule has 150 valence electrons. The van der Waals surface area contributed by atoms with Crippen molar-refractivity contribution >= 4 is 23.0 Å². The molecular formula is C23H21N5O2. The number of rotatable bonds is 7. The van der Waals surface area contributed by atoms with Crippen LogP contribution in [-0.4, -0.2) is 31.8 Å². The zero-order chi connectivity index (χ0) is 20.8. The number of amides is 1. The average molecular weight is 399 g/mol. The summed E-state index contributed by atoms with van der Waals surface area (Å²) in [5, 5.41) is 7.54. The predicted octanol–water partition coefficient (Wildman–Crippen LogP) is 2.47. The van der Waals surface area contributed by atoms with Crippen LogP contribution in [0.3, 0.4) is 0 Å². The van der Waals surface area contributed by atoms with Crippen LogP contribution in [0.1, 0.15) is 11.1 Å². The number of nitrogens with zero attached hydrogens (tertiary/aromatic N) is 4. The second-order valence-corrected chi connectivity index (χ2v) is 6.80. The van der Waals surface area contributed by atoms with Crippen molar-refractivity contribution < 1.29 is 4.79 Å². The van der Waals surface area contributed by atoms with Crippen LogP contribution < -0.4 is 10.9 Å². The highest BCUT2D eigenvalue weighted by atomic mass is 16.1. The van der Waals surface area contributed by atoms with Gasteiger partial charge in [-0.3, -0.25) is 14.2 Å². The van der Waals surface area contributed by atoms with Crippen LogP contribution in [0.4, 0.5) is 0 Å². The molecule has 1 N–H and O–H groups in total. The Bertz CT molecular complexity index is 1230. The summed E-state index contributed by atoms with van der Waals surface area (Å²) in [5.74, 6) is -0.187. The van der Waals surface area contributed by atoms with Crippen LogP contribution in [0.25, 0.3) is 17.1 Å². The van der Waals surface area contributed by atoms with Gasteiger partial charge in [-0.15, -0.1) is 0 Å². The van der Waals surface area contributed by atoms with E-state index >= 15 is 0 Å². The minimum atomic E-state index is -0.187. The fraction of sp³-hybridized carbons (Fsp3) is 0.130. The fourth-order valence-corrected chi connectivity index (χ4v) is 3.13. The van der Waals surface area contributed by atoms with Crippen molar-refractivity contribution in [3.05, 3.63) is 101 Å². The molecule has 7 nitrogen and oxygen atoms in total. The first kappa shape index (κ1) is 19.3. The fourth-order valence-electron chi connectivity index (χ4n) is 3.13. The molecule has 1 amide bonds. The van der Waals surface area contributed by atoms with E-state index in [9.17, 15) is 9.59 Å². The van der Waals surface area contributed by atoms with Crippen molar-refractivity contribution in [3.8, 4) is 0 Å². The molecule has 0 radical (unpaired) electrons. The smallest absolute Gasteiger partial charge is 0.264 e. The van der Waals surface area contributed by atoms with Gasteiger partial charge >= 0.3 is 0 Å². The van der Waals surface area contributed by atoms with Crippen LogP contribution in [0.2, 0.25) is 0 Å². The van der Waals surface area contributed by atoms with E-state index in [0.717, 1.165) is 11.1 Å². The highest BCUT2D eigenvalue weighted by Crippen LogP contribution is 2.07. The van der Waals surface area contributed by atoms with Crippen LogP contribution in [0.5, 0.6) is 0 Å². The van der Waals surface area contributed by atoms with Crippen LogP contribution >= 0.6 is 0 Å². The first-order valence-electron chi connectivity index (χ1n) is 9.66. The predicted molar refractivity (Wildman–Crippen MR) is 116 cm³/mol. The lowest BCUT2D eigenvalue weighted by atomic mass is 10.2. The van der Waals surface area contributed by atoms with Crippen LogP contribution in [0.15, 0.2) is 84.1 Å². The van der Waals surface area contributed by atoms with Gasteiger partial charge in [-0.25, -0.2) is 9.67 Å². The zero-order valence-electron chi connectivity index (χ0n) is 16.3. The number of carbonyl (C=O) groups excluding carboxylic acids is 1. The molecule has 7 heteroatoms. The van der Waals surface area contributed by atoms with Crippen molar-refractivity contribution in [2.24, 2.45) is 0 Å². The lowest BCUT2D eigenvalue weighted by molar-refractivity contribution is -0.116. The molecule has 0 bridgehead atoms. The Balaban J connectivity index is 1.39. The van der Waals surface area contributed by atoms with Gasteiger partial charge < -0.3 is 5.32 Å². The molecule has 2 aromatic heterocycles. The number of carbonyl (C=O) groups is 1. The maximum atomic E-state index is 12.7. The van der Waals surface area contributed by atoms with Crippen molar-refractivity contribution in [1.82, 2.24) is 24.6 Å². The lowest BCUT2D eigenvalue weighted by Gasteiger charge is -2.07. The number of fused-ring (bicyclic) bond motifs is 1. The molecule has 4 aromatic rings. The Kier molecular flexibility index (Phi) is 5.80. The van der Waals surface area contributed by atoms with Crippen LogP contribution in [-0.2, 0) is 17.9 Å². The van der Waals surface area contributed by atoms with Crippen molar-refractivity contribution in [2.45, 2.75) is 13.1 Å². The summed E-state index contributed by atoms with van der Waals surface area (Å²) < 4.78 is 3.20. The lowest BCUT2D eigenvalue weighted by Crippen LogP contribution is -2.26. The van der Waals surface area contributed by atoms with E-state index in [2.05, 4.69) is 15.4 Å². The Morgan fingerprint density at radius 2 is 1.77 bits per heavy atom. The molecular weight excluding hydrogens is 378 g/mol. The van der Waals surface area contributed by atoms with Crippen LogP contribution in [0, 0.1) is 0 Å². The van der Waals surface area contributed by atoms with Gasteiger partial charge in [0.05, 0.1) is 19.3 Å². The molecule has 0 atom stereocenters. The Hall–Kier alpha value is -4.00. The summed E-state index contributed by atoms with van der Waals surface area (Å²) in [5.41, 5.74) is 2.37. The SMILES string of the molecule is O=C(/C=C\c1ccccc1)NCCn1ncc2c(=O)n(Cc3ccccc3)cnc21. The van der Waals surface area contributed by atoms with Gasteiger partial charge in [0.1, 0.15) is 11.7 Å². The molecule has 4 rings (SSSR count). The second-order valence-electron chi connectivity index (χ2n) is 6.80. The van der Waals surface area contributed by atoms with Crippen molar-refractivity contribution in [1.29, 1.82) is 0 Å². The van der Waals surface area contributed by atoms with Gasteiger partial charge in [-0.05, 0) is 17.2 Å². The third-order valence-corrected chi connectivity index (χ3v) is 4.67. The Morgan fingerprint density at radius 3 is 2.53 bits per heavy atom. The van der Waals surface area contributed by atoms with Gasteiger partial charge in [0.25, 0.3) is 5.56 Å². The minimum Gasteiger partial charge on any atom is -0.351 e. The molecule has 0 aliphatic carbocycles. The maximum absolute atomic E-state index is 12.7. The molecule has 0 aliphatic rings. The van der Waals surface area contributed by atoms with E-state index in [1.165, 1.54) is 18.6 Å². The monoisotopic (exact) mass is 399 g/mol. The molecule has 0 saturated heterocycles. The van der Waals surface area contributed by atoms with Gasteiger partial charge in [-0.2, -0.15) is 5.10 Å². The molecule has 30 heavy (non-hydrogen) atoms. The normalized spacial score (nSPS) is 11.2. The highest BCUT2D eigenvalue weighted by Gasteiger charge is 2.10. The largest absolute Gasteiger partial charge is 0.351 e. The standard InChI is InChI=1S/C23H21N5O2/c29-21(12-11-18-7-3-1-4-8-18)24-13-14-28-22-20(15-26-28)23(30)27(17-25-22)16-19-9-5-2-6-10-19/h1-12,15,17H,13-14,16H2,(H,24,29)/b12-11-. The molecule has 0 spiro atoms. The van der Waals surface area contributed by atoms with E-state index in [0.29, 0.717) is 30.7 Å². The van der Waals surface area contributed by atoms with E-state index in [4.69, 9.17) is 0 Å². The van der Waals surface area contributed by atoms with Gasteiger partial charge in [0.2, 0.25) is 5.91 Å². The number of benzene rings is 2. The van der Waals surface area contributed by atoms with Gasteiger partial charge in [-0.1, -0.05) is 60.7 Å². The Labute approximate surface area is 173 Å². The maximum Gasteiger partial charge on any atom is 0.264 e. The third kappa shape index (κ3) is 4.52. The summed E-state index contributed by atoms with van der Waals surface area (Å²) in [4.78, 5) is 29.1. The summed E-state index contributed by atoms with van der Waals surface area (Å²) in [6.45, 7) is 1.25. The van der Waals surface area contributed by atoms with E-state index in [-0.39, 0.29) is 11.5 Å². The molecule has 0 aliphatic heterocycles. The van der Waals surface area contributed by atoms with E-state index in [1.54, 1.807) is 15.3 Å². The molecule has 0 fully saturated rings. The first-order chi connectivity index (χ1) is 14.7. The number of hydrogen-bond donors (Lipinski definition) is 1. The molecule has 2 heterocycles. The van der Waals surface area contributed by atoms with Gasteiger partial charge in [0.15, 0.2) is 5.65 Å². The number of aromatic nitrogens is 4. The summed E-state index contributed by atoms with van der Waals surface area (Å²) in [6, 6.07) is 19.4. The van der Waals surface area contributed by atoms with Crippen molar-refractivity contribution in [2.75, 3.05) is 6.54 Å². The highest BCUT2D eigenvalue weighted by molar-refractivity contribution is 5.91. The first-order valence-corrected chi connectivity index (χ1v) is 9.66. The molecule has 0 saturated carbocycles. The summed E-state index contributed by atoms with van der Waals surface area (Å²) in [6.07, 6.45) is 6.33. The number of hydrogen-bond acceptors (Lipinski definition) is 4. The van der Waals surface area contributed by atoms with E-state index in [1.807, 2.05) is 60.7 Å². The summed E-state index contributed by atoms with van der Waals surface area (Å²) >= 11 is 0. The molecule has 2 aromatic carbocycles. The minimum absolute atomic E-state index is 0.134. The molecule has 0 unspecified atom stereocenters. The number of nitrogens with one attached hydrogen (secondary N) is 1.